The summed E-state index contributed by atoms with van der Waals surface area (Å²) in [6, 6.07) is 8.78. The molecule has 2 heterocycles. The van der Waals surface area contributed by atoms with E-state index in [1.807, 2.05) is 18.2 Å². The van der Waals surface area contributed by atoms with Crippen molar-refractivity contribution in [3.63, 3.8) is 0 Å². The van der Waals surface area contributed by atoms with Gasteiger partial charge in [0.05, 0.1) is 6.54 Å². The minimum absolute atomic E-state index is 0.132. The standard InChI is InChI=1S/C20H27FN6S/c1-2-22-19(25-10-15-28-16-17-6-3-4-7-18(17)21)26-11-13-27(14-12-26)20-23-8-5-9-24-20/h3-9H,2,10-16H2,1H3,(H,22,25). The topological polar surface area (TPSA) is 56.7 Å². The van der Waals surface area contributed by atoms with Crippen LogP contribution in [-0.4, -0.2) is 65.8 Å². The summed E-state index contributed by atoms with van der Waals surface area (Å²) in [7, 11) is 0. The van der Waals surface area contributed by atoms with Gasteiger partial charge in [-0.3, -0.25) is 4.99 Å². The molecule has 6 nitrogen and oxygen atoms in total. The Morgan fingerprint density at radius 2 is 1.89 bits per heavy atom. The van der Waals surface area contributed by atoms with Crippen molar-refractivity contribution in [2.75, 3.05) is 49.9 Å². The first-order chi connectivity index (χ1) is 13.8. The number of hydrogen-bond acceptors (Lipinski definition) is 5. The molecule has 1 saturated heterocycles. The molecule has 1 N–H and O–H groups in total. The van der Waals surface area contributed by atoms with Crippen LogP contribution in [0.15, 0.2) is 47.7 Å². The Kier molecular flexibility index (Phi) is 7.90. The van der Waals surface area contributed by atoms with Crippen molar-refractivity contribution in [3.05, 3.63) is 54.1 Å². The highest BCUT2D eigenvalue weighted by Crippen LogP contribution is 2.15. The number of hydrogen-bond donors (Lipinski definition) is 1. The summed E-state index contributed by atoms with van der Waals surface area (Å²) < 4.78 is 13.7. The normalized spacial score (nSPS) is 15.0. The van der Waals surface area contributed by atoms with Crippen LogP contribution in [0, 0.1) is 5.82 Å². The summed E-state index contributed by atoms with van der Waals surface area (Å²) in [5, 5.41) is 3.38. The Morgan fingerprint density at radius 1 is 1.14 bits per heavy atom. The Bertz CT molecular complexity index is 749. The number of nitrogens with zero attached hydrogens (tertiary/aromatic N) is 5. The van der Waals surface area contributed by atoms with E-state index in [4.69, 9.17) is 4.99 Å². The Labute approximate surface area is 170 Å². The van der Waals surface area contributed by atoms with Crippen molar-refractivity contribution in [3.8, 4) is 0 Å². The second kappa shape index (κ2) is 10.8. The summed E-state index contributed by atoms with van der Waals surface area (Å²) in [6.07, 6.45) is 3.55. The Balaban J connectivity index is 1.46. The lowest BCUT2D eigenvalue weighted by Gasteiger charge is -2.36. The Morgan fingerprint density at radius 3 is 2.61 bits per heavy atom. The first-order valence-corrected chi connectivity index (χ1v) is 10.8. The molecule has 0 atom stereocenters. The van der Waals surface area contributed by atoms with E-state index in [0.29, 0.717) is 12.3 Å². The highest BCUT2D eigenvalue weighted by molar-refractivity contribution is 7.98. The number of aromatic nitrogens is 2. The molecular weight excluding hydrogens is 375 g/mol. The molecule has 0 amide bonds. The van der Waals surface area contributed by atoms with Crippen molar-refractivity contribution in [1.82, 2.24) is 20.2 Å². The molecule has 1 aliphatic heterocycles. The van der Waals surface area contributed by atoms with Crippen LogP contribution in [0.3, 0.4) is 0 Å². The maximum absolute atomic E-state index is 13.7. The minimum atomic E-state index is -0.132. The summed E-state index contributed by atoms with van der Waals surface area (Å²) in [6.45, 7) is 7.13. The quantitative estimate of drug-likeness (QED) is 0.437. The van der Waals surface area contributed by atoms with Crippen LogP contribution in [0.1, 0.15) is 12.5 Å². The third-order valence-corrected chi connectivity index (χ3v) is 5.45. The average Bonchev–Trinajstić information content (AvgIpc) is 2.75. The van der Waals surface area contributed by atoms with Crippen LogP contribution in [0.4, 0.5) is 10.3 Å². The maximum Gasteiger partial charge on any atom is 0.225 e. The van der Waals surface area contributed by atoms with Gasteiger partial charge in [-0.05, 0) is 24.6 Å². The van der Waals surface area contributed by atoms with Crippen LogP contribution < -0.4 is 10.2 Å². The third kappa shape index (κ3) is 5.82. The van der Waals surface area contributed by atoms with Gasteiger partial charge in [-0.25, -0.2) is 14.4 Å². The van der Waals surface area contributed by atoms with E-state index in [2.05, 4.69) is 32.0 Å². The van der Waals surface area contributed by atoms with Gasteiger partial charge in [0, 0.05) is 56.6 Å². The second-order valence-electron chi connectivity index (χ2n) is 6.40. The number of nitrogens with one attached hydrogen (secondary N) is 1. The fourth-order valence-corrected chi connectivity index (χ4v) is 3.83. The van der Waals surface area contributed by atoms with Crippen molar-refractivity contribution >= 4 is 23.7 Å². The zero-order valence-corrected chi connectivity index (χ0v) is 17.0. The van der Waals surface area contributed by atoms with E-state index in [-0.39, 0.29) is 5.82 Å². The molecule has 0 bridgehead atoms. The van der Waals surface area contributed by atoms with Crippen LogP contribution in [0.5, 0.6) is 0 Å². The van der Waals surface area contributed by atoms with Crippen LogP contribution in [0.25, 0.3) is 0 Å². The minimum Gasteiger partial charge on any atom is -0.357 e. The van der Waals surface area contributed by atoms with Gasteiger partial charge < -0.3 is 15.1 Å². The monoisotopic (exact) mass is 402 g/mol. The van der Waals surface area contributed by atoms with Gasteiger partial charge in [0.1, 0.15) is 5.82 Å². The van der Waals surface area contributed by atoms with Crippen molar-refractivity contribution in [2.24, 2.45) is 4.99 Å². The van der Waals surface area contributed by atoms with Gasteiger partial charge in [0.2, 0.25) is 5.95 Å². The molecular formula is C20H27FN6S. The molecule has 28 heavy (non-hydrogen) atoms. The first-order valence-electron chi connectivity index (χ1n) is 9.64. The average molecular weight is 403 g/mol. The van der Waals surface area contributed by atoms with Gasteiger partial charge in [-0.1, -0.05) is 18.2 Å². The lowest BCUT2D eigenvalue weighted by atomic mass is 10.2. The number of anilines is 1. The molecule has 1 fully saturated rings. The predicted molar refractivity (Wildman–Crippen MR) is 114 cm³/mol. The molecule has 0 saturated carbocycles. The van der Waals surface area contributed by atoms with Gasteiger partial charge in [0.15, 0.2) is 5.96 Å². The summed E-state index contributed by atoms with van der Waals surface area (Å²) in [4.78, 5) is 17.9. The van der Waals surface area contributed by atoms with Crippen LogP contribution >= 0.6 is 11.8 Å². The summed E-state index contributed by atoms with van der Waals surface area (Å²) >= 11 is 1.71. The van der Waals surface area contributed by atoms with Crippen molar-refractivity contribution in [1.29, 1.82) is 0 Å². The summed E-state index contributed by atoms with van der Waals surface area (Å²) in [5.41, 5.74) is 0.752. The van der Waals surface area contributed by atoms with E-state index < -0.39 is 0 Å². The first kappa shape index (κ1) is 20.4. The van der Waals surface area contributed by atoms with E-state index in [1.165, 1.54) is 6.07 Å². The molecule has 0 radical (unpaired) electrons. The molecule has 0 aliphatic carbocycles. The molecule has 3 rings (SSSR count). The number of guanidine groups is 1. The zero-order chi connectivity index (χ0) is 19.6. The molecule has 0 spiro atoms. The Hall–Kier alpha value is -2.35. The fourth-order valence-electron chi connectivity index (χ4n) is 3.01. The molecule has 1 aromatic carbocycles. The second-order valence-corrected chi connectivity index (χ2v) is 7.51. The fraction of sp³-hybridized carbons (Fsp3) is 0.450. The van der Waals surface area contributed by atoms with Crippen molar-refractivity contribution < 1.29 is 4.39 Å². The number of benzene rings is 1. The smallest absolute Gasteiger partial charge is 0.225 e. The largest absolute Gasteiger partial charge is 0.357 e. The molecule has 1 aliphatic rings. The molecule has 150 valence electrons. The van der Waals surface area contributed by atoms with Crippen molar-refractivity contribution in [2.45, 2.75) is 12.7 Å². The summed E-state index contributed by atoms with van der Waals surface area (Å²) in [5.74, 6) is 3.14. The third-order valence-electron chi connectivity index (χ3n) is 4.46. The number of piperazine rings is 1. The molecule has 0 unspecified atom stereocenters. The van der Waals surface area contributed by atoms with Gasteiger partial charge in [-0.15, -0.1) is 0 Å². The SMILES string of the molecule is CCNC(=NCCSCc1ccccc1F)N1CCN(c2ncccn2)CC1. The van der Waals surface area contributed by atoms with Crippen LogP contribution in [-0.2, 0) is 5.75 Å². The van der Waals surface area contributed by atoms with Gasteiger partial charge in [0.25, 0.3) is 0 Å². The van der Waals surface area contributed by atoms with Gasteiger partial charge >= 0.3 is 0 Å². The van der Waals surface area contributed by atoms with E-state index in [1.54, 1.807) is 30.2 Å². The lowest BCUT2D eigenvalue weighted by Crippen LogP contribution is -2.53. The van der Waals surface area contributed by atoms with E-state index in [0.717, 1.165) is 55.9 Å². The predicted octanol–water partition coefficient (Wildman–Crippen LogP) is 2.64. The van der Waals surface area contributed by atoms with Gasteiger partial charge in [-0.2, -0.15) is 11.8 Å². The van der Waals surface area contributed by atoms with E-state index >= 15 is 0 Å². The molecule has 1 aromatic heterocycles. The maximum atomic E-state index is 13.7. The lowest BCUT2D eigenvalue weighted by molar-refractivity contribution is 0.370. The number of thioether (sulfide) groups is 1. The number of halogens is 1. The zero-order valence-electron chi connectivity index (χ0n) is 16.2. The van der Waals surface area contributed by atoms with E-state index in [9.17, 15) is 4.39 Å². The highest BCUT2D eigenvalue weighted by atomic mass is 32.2. The van der Waals surface area contributed by atoms with Crippen LogP contribution in [0.2, 0.25) is 0 Å². The molecule has 2 aromatic rings. The highest BCUT2D eigenvalue weighted by Gasteiger charge is 2.20. The number of rotatable bonds is 7. The molecule has 8 heteroatoms. The number of aliphatic imine (C=N–C) groups is 1.